The normalized spacial score (nSPS) is 15.6. The molecule has 0 aromatic heterocycles. The van der Waals surface area contributed by atoms with Crippen LogP contribution < -0.4 is 0 Å². The van der Waals surface area contributed by atoms with Gasteiger partial charge in [-0.3, -0.25) is 4.79 Å². The maximum Gasteiger partial charge on any atom is 0.254 e. The lowest BCUT2D eigenvalue weighted by Crippen LogP contribution is -2.41. The van der Waals surface area contributed by atoms with Gasteiger partial charge in [0.25, 0.3) is 5.91 Å². The number of amides is 1. The van der Waals surface area contributed by atoms with Crippen molar-refractivity contribution in [1.82, 2.24) is 4.90 Å². The molecule has 0 aliphatic heterocycles. The zero-order valence-corrected chi connectivity index (χ0v) is 17.3. The predicted molar refractivity (Wildman–Crippen MR) is 113 cm³/mol. The second-order valence-electron chi connectivity index (χ2n) is 8.99. The standard InChI is InChI=1S/C25H33NO/c1-19-10-8-9-13-23(19)24(27)26(22-11-6-5-7-12-22)18-20-14-16-21(17-15-20)25(2,3)4/h8-10,13-17,22H,5-7,11-12,18H2,1-4H3. The quantitative estimate of drug-likeness (QED) is 0.627. The number of nitrogens with zero attached hydrogens (tertiary/aromatic N) is 1. The van der Waals surface area contributed by atoms with Crippen LogP contribution in [0.2, 0.25) is 0 Å². The van der Waals surface area contributed by atoms with E-state index in [2.05, 4.69) is 49.9 Å². The molecule has 0 N–H and O–H groups in total. The van der Waals surface area contributed by atoms with Crippen molar-refractivity contribution < 1.29 is 4.79 Å². The molecule has 1 fully saturated rings. The van der Waals surface area contributed by atoms with Gasteiger partial charge in [-0.25, -0.2) is 0 Å². The lowest BCUT2D eigenvalue weighted by molar-refractivity contribution is 0.0613. The Balaban J connectivity index is 1.86. The van der Waals surface area contributed by atoms with Crippen LogP contribution in [0.4, 0.5) is 0 Å². The molecule has 1 aliphatic rings. The Kier molecular flexibility index (Phi) is 6.04. The number of aryl methyl sites for hydroxylation is 1. The summed E-state index contributed by atoms with van der Waals surface area (Å²) < 4.78 is 0. The van der Waals surface area contributed by atoms with Gasteiger partial charge in [-0.1, -0.05) is 82.5 Å². The van der Waals surface area contributed by atoms with E-state index in [1.165, 1.54) is 30.4 Å². The molecule has 2 heteroatoms. The Labute approximate surface area is 164 Å². The average Bonchev–Trinajstić information content (AvgIpc) is 2.66. The third kappa shape index (κ3) is 4.80. The first-order valence-corrected chi connectivity index (χ1v) is 10.3. The summed E-state index contributed by atoms with van der Waals surface area (Å²) in [5.74, 6) is 0.180. The highest BCUT2D eigenvalue weighted by molar-refractivity contribution is 5.95. The van der Waals surface area contributed by atoms with Gasteiger partial charge in [-0.15, -0.1) is 0 Å². The molecule has 1 saturated carbocycles. The minimum atomic E-state index is 0.151. The maximum absolute atomic E-state index is 13.4. The van der Waals surface area contributed by atoms with Crippen LogP contribution >= 0.6 is 0 Å². The van der Waals surface area contributed by atoms with Crippen molar-refractivity contribution in [2.75, 3.05) is 0 Å². The summed E-state index contributed by atoms with van der Waals surface area (Å²) in [6.45, 7) is 9.43. The van der Waals surface area contributed by atoms with Crippen LogP contribution in [0, 0.1) is 6.92 Å². The Hall–Kier alpha value is -2.09. The maximum atomic E-state index is 13.4. The van der Waals surface area contributed by atoms with Crippen molar-refractivity contribution in [2.45, 2.75) is 77.8 Å². The Morgan fingerprint density at radius 1 is 0.963 bits per heavy atom. The number of benzene rings is 2. The van der Waals surface area contributed by atoms with E-state index in [0.717, 1.165) is 24.0 Å². The molecule has 1 amide bonds. The smallest absolute Gasteiger partial charge is 0.254 e. The molecule has 3 rings (SSSR count). The van der Waals surface area contributed by atoms with Crippen LogP contribution in [0.5, 0.6) is 0 Å². The molecule has 27 heavy (non-hydrogen) atoms. The lowest BCUT2D eigenvalue weighted by atomic mass is 9.86. The van der Waals surface area contributed by atoms with Gasteiger partial charge in [0, 0.05) is 18.2 Å². The van der Waals surface area contributed by atoms with Crippen molar-refractivity contribution in [3.05, 3.63) is 70.8 Å². The van der Waals surface area contributed by atoms with Gasteiger partial charge in [-0.2, -0.15) is 0 Å². The van der Waals surface area contributed by atoms with E-state index in [-0.39, 0.29) is 11.3 Å². The number of hydrogen-bond acceptors (Lipinski definition) is 1. The second kappa shape index (κ2) is 8.29. The van der Waals surface area contributed by atoms with Crippen LogP contribution in [-0.2, 0) is 12.0 Å². The third-order valence-electron chi connectivity index (χ3n) is 5.82. The van der Waals surface area contributed by atoms with Gasteiger partial charge in [0.2, 0.25) is 0 Å². The number of carbonyl (C=O) groups excluding carboxylic acids is 1. The highest BCUT2D eigenvalue weighted by Gasteiger charge is 2.27. The lowest BCUT2D eigenvalue weighted by Gasteiger charge is -2.35. The van der Waals surface area contributed by atoms with E-state index in [1.807, 2.05) is 31.2 Å². The summed E-state index contributed by atoms with van der Waals surface area (Å²) >= 11 is 0. The van der Waals surface area contributed by atoms with E-state index in [4.69, 9.17) is 0 Å². The zero-order chi connectivity index (χ0) is 19.4. The first-order chi connectivity index (χ1) is 12.9. The fourth-order valence-corrected chi connectivity index (χ4v) is 4.03. The number of carbonyl (C=O) groups is 1. The molecule has 0 atom stereocenters. The van der Waals surface area contributed by atoms with E-state index in [9.17, 15) is 4.79 Å². The summed E-state index contributed by atoms with van der Waals surface area (Å²) in [5, 5.41) is 0. The molecule has 2 aromatic rings. The van der Waals surface area contributed by atoms with Crippen LogP contribution in [0.15, 0.2) is 48.5 Å². The summed E-state index contributed by atoms with van der Waals surface area (Å²) in [5.41, 5.74) is 4.61. The molecular formula is C25H33NO. The average molecular weight is 364 g/mol. The van der Waals surface area contributed by atoms with E-state index < -0.39 is 0 Å². The summed E-state index contributed by atoms with van der Waals surface area (Å²) in [7, 11) is 0. The Morgan fingerprint density at radius 3 is 2.19 bits per heavy atom. The number of rotatable bonds is 4. The fourth-order valence-electron chi connectivity index (χ4n) is 4.03. The van der Waals surface area contributed by atoms with Gasteiger partial charge in [0.05, 0.1) is 0 Å². The predicted octanol–water partition coefficient (Wildman–Crippen LogP) is 6.27. The fraction of sp³-hybridized carbons (Fsp3) is 0.480. The Bertz CT molecular complexity index is 764. The molecule has 0 heterocycles. The summed E-state index contributed by atoms with van der Waals surface area (Å²) in [4.78, 5) is 15.6. The molecule has 0 saturated heterocycles. The highest BCUT2D eigenvalue weighted by atomic mass is 16.2. The van der Waals surface area contributed by atoms with Gasteiger partial charge in [0.1, 0.15) is 0 Å². The van der Waals surface area contributed by atoms with Crippen LogP contribution in [-0.4, -0.2) is 16.8 Å². The first kappa shape index (κ1) is 19.7. The molecule has 1 aliphatic carbocycles. The van der Waals surface area contributed by atoms with Gasteiger partial charge >= 0.3 is 0 Å². The van der Waals surface area contributed by atoms with Gasteiger partial charge in [-0.05, 0) is 47.9 Å². The Morgan fingerprint density at radius 2 is 1.59 bits per heavy atom. The minimum Gasteiger partial charge on any atom is -0.331 e. The summed E-state index contributed by atoms with van der Waals surface area (Å²) in [6.07, 6.45) is 5.99. The molecule has 2 aromatic carbocycles. The van der Waals surface area contributed by atoms with Crippen LogP contribution in [0.25, 0.3) is 0 Å². The van der Waals surface area contributed by atoms with Crippen molar-refractivity contribution in [3.63, 3.8) is 0 Å². The van der Waals surface area contributed by atoms with Crippen molar-refractivity contribution in [3.8, 4) is 0 Å². The molecule has 0 bridgehead atoms. The SMILES string of the molecule is Cc1ccccc1C(=O)N(Cc1ccc(C(C)(C)C)cc1)C1CCCCC1. The van der Waals surface area contributed by atoms with Crippen molar-refractivity contribution in [2.24, 2.45) is 0 Å². The molecule has 2 nitrogen and oxygen atoms in total. The van der Waals surface area contributed by atoms with E-state index >= 15 is 0 Å². The first-order valence-electron chi connectivity index (χ1n) is 10.3. The monoisotopic (exact) mass is 363 g/mol. The second-order valence-corrected chi connectivity index (χ2v) is 8.99. The highest BCUT2D eigenvalue weighted by Crippen LogP contribution is 2.27. The molecule has 0 spiro atoms. The van der Waals surface area contributed by atoms with Crippen molar-refractivity contribution >= 4 is 5.91 Å². The van der Waals surface area contributed by atoms with Gasteiger partial charge in [0.15, 0.2) is 0 Å². The molecule has 144 valence electrons. The van der Waals surface area contributed by atoms with Crippen LogP contribution in [0.3, 0.4) is 0 Å². The van der Waals surface area contributed by atoms with E-state index in [1.54, 1.807) is 0 Å². The summed E-state index contributed by atoms with van der Waals surface area (Å²) in [6, 6.07) is 17.1. The molecule has 0 radical (unpaired) electrons. The van der Waals surface area contributed by atoms with Crippen molar-refractivity contribution in [1.29, 1.82) is 0 Å². The van der Waals surface area contributed by atoms with Gasteiger partial charge < -0.3 is 4.90 Å². The largest absolute Gasteiger partial charge is 0.331 e. The zero-order valence-electron chi connectivity index (χ0n) is 17.3. The third-order valence-corrected chi connectivity index (χ3v) is 5.82. The molecular weight excluding hydrogens is 330 g/mol. The topological polar surface area (TPSA) is 20.3 Å². The van der Waals surface area contributed by atoms with E-state index in [0.29, 0.717) is 12.6 Å². The number of hydrogen-bond donors (Lipinski definition) is 0. The molecule has 0 unspecified atom stereocenters. The van der Waals surface area contributed by atoms with Crippen LogP contribution in [0.1, 0.15) is 79.9 Å². The minimum absolute atomic E-state index is 0.151.